The molecule has 22 heavy (non-hydrogen) atoms. The number of hydrogen-bond donors (Lipinski definition) is 0. The minimum Gasteiger partial charge on any atom is -0.204 e. The van der Waals surface area contributed by atoms with Gasteiger partial charge in [-0.2, -0.15) is 9.19 Å². The van der Waals surface area contributed by atoms with Crippen molar-refractivity contribution in [3.05, 3.63) is 52.2 Å². The lowest BCUT2D eigenvalue weighted by molar-refractivity contribution is 0.538. The standard InChI is InChI=1S/C16H17BrN2O2S/c1-11-12(2)16(3,9-8-14(11)17)22(20,21)19-15-7-5-4-6-13(15)10-18-19/h4-8,10H,9H2,1-3H3. The zero-order valence-corrected chi connectivity index (χ0v) is 15.1. The first-order valence-electron chi connectivity index (χ1n) is 7.01. The Bertz CT molecular complexity index is 925. The molecular formula is C16H17BrN2O2S. The quantitative estimate of drug-likeness (QED) is 0.791. The Labute approximate surface area is 138 Å². The van der Waals surface area contributed by atoms with Gasteiger partial charge in [0.25, 0.3) is 10.0 Å². The normalized spacial score (nSPS) is 23.0. The summed E-state index contributed by atoms with van der Waals surface area (Å²) < 4.78 is 27.7. The molecule has 0 amide bonds. The largest absolute Gasteiger partial charge is 0.264 e. The average Bonchev–Trinajstić information content (AvgIpc) is 2.93. The maximum Gasteiger partial charge on any atom is 0.264 e. The summed E-state index contributed by atoms with van der Waals surface area (Å²) in [6.07, 6.45) is 3.94. The Kier molecular flexibility index (Phi) is 3.57. The van der Waals surface area contributed by atoms with E-state index in [1.54, 1.807) is 19.2 Å². The fraction of sp³-hybridized carbons (Fsp3) is 0.312. The zero-order chi connectivity index (χ0) is 16.1. The van der Waals surface area contributed by atoms with E-state index in [9.17, 15) is 8.42 Å². The van der Waals surface area contributed by atoms with E-state index in [1.165, 1.54) is 4.09 Å². The van der Waals surface area contributed by atoms with E-state index in [2.05, 4.69) is 21.0 Å². The molecular weight excluding hydrogens is 364 g/mol. The Balaban J connectivity index is 2.23. The van der Waals surface area contributed by atoms with Crippen molar-refractivity contribution in [3.8, 4) is 0 Å². The molecule has 0 spiro atoms. The number of fused-ring (bicyclic) bond motifs is 1. The predicted molar refractivity (Wildman–Crippen MR) is 92.5 cm³/mol. The molecule has 1 aromatic heterocycles. The van der Waals surface area contributed by atoms with Gasteiger partial charge in [0.15, 0.2) is 0 Å². The molecule has 116 valence electrons. The smallest absolute Gasteiger partial charge is 0.204 e. The first-order chi connectivity index (χ1) is 10.3. The van der Waals surface area contributed by atoms with Crippen LogP contribution in [-0.4, -0.2) is 22.4 Å². The third-order valence-corrected chi connectivity index (χ3v) is 7.90. The van der Waals surface area contributed by atoms with Crippen molar-refractivity contribution in [2.24, 2.45) is 0 Å². The van der Waals surface area contributed by atoms with Crippen LogP contribution in [-0.2, 0) is 10.0 Å². The van der Waals surface area contributed by atoms with Crippen molar-refractivity contribution < 1.29 is 8.42 Å². The summed E-state index contributed by atoms with van der Waals surface area (Å²) in [6.45, 7) is 5.59. The molecule has 1 aliphatic rings. The van der Waals surface area contributed by atoms with Crippen LogP contribution in [0, 0.1) is 0 Å². The highest BCUT2D eigenvalue weighted by molar-refractivity contribution is 9.12. The second-order valence-corrected chi connectivity index (χ2v) is 8.84. The van der Waals surface area contributed by atoms with Crippen molar-refractivity contribution in [2.75, 3.05) is 0 Å². The summed E-state index contributed by atoms with van der Waals surface area (Å²) in [7, 11) is -3.67. The maximum atomic E-state index is 13.3. The van der Waals surface area contributed by atoms with Gasteiger partial charge >= 0.3 is 0 Å². The van der Waals surface area contributed by atoms with Crippen LogP contribution in [0.1, 0.15) is 27.2 Å². The molecule has 1 aliphatic carbocycles. The highest BCUT2D eigenvalue weighted by Crippen LogP contribution is 2.41. The number of halogens is 1. The Morgan fingerprint density at radius 3 is 2.68 bits per heavy atom. The molecule has 1 unspecified atom stereocenters. The second kappa shape index (κ2) is 5.06. The molecule has 0 aliphatic heterocycles. The van der Waals surface area contributed by atoms with E-state index in [0.717, 1.165) is 21.0 Å². The minimum atomic E-state index is -3.67. The van der Waals surface area contributed by atoms with E-state index >= 15 is 0 Å². The second-order valence-electron chi connectivity index (χ2n) is 5.79. The Hall–Kier alpha value is -1.40. The van der Waals surface area contributed by atoms with Gasteiger partial charge in [-0.05, 0) is 44.4 Å². The molecule has 0 bridgehead atoms. The van der Waals surface area contributed by atoms with Crippen molar-refractivity contribution in [2.45, 2.75) is 31.9 Å². The van der Waals surface area contributed by atoms with Gasteiger partial charge in [-0.3, -0.25) is 0 Å². The van der Waals surface area contributed by atoms with Crippen molar-refractivity contribution >= 4 is 36.9 Å². The summed E-state index contributed by atoms with van der Waals surface area (Å²) in [5, 5.41) is 4.96. The topological polar surface area (TPSA) is 52.0 Å². The summed E-state index contributed by atoms with van der Waals surface area (Å²) in [5.74, 6) is 0. The van der Waals surface area contributed by atoms with Crippen molar-refractivity contribution in [3.63, 3.8) is 0 Å². The van der Waals surface area contributed by atoms with Crippen LogP contribution < -0.4 is 0 Å². The van der Waals surface area contributed by atoms with E-state index in [4.69, 9.17) is 0 Å². The lowest BCUT2D eigenvalue weighted by atomic mass is 9.89. The van der Waals surface area contributed by atoms with Gasteiger partial charge in [0, 0.05) is 9.87 Å². The minimum absolute atomic E-state index is 0.424. The third kappa shape index (κ3) is 2.01. The van der Waals surface area contributed by atoms with E-state index in [0.29, 0.717) is 11.9 Å². The van der Waals surface area contributed by atoms with Crippen LogP contribution in [0.15, 0.2) is 52.2 Å². The Morgan fingerprint density at radius 1 is 1.27 bits per heavy atom. The molecule has 1 heterocycles. The zero-order valence-electron chi connectivity index (χ0n) is 12.7. The maximum absolute atomic E-state index is 13.3. The molecule has 6 heteroatoms. The van der Waals surface area contributed by atoms with Gasteiger partial charge in [0.1, 0.15) is 4.75 Å². The molecule has 0 radical (unpaired) electrons. The van der Waals surface area contributed by atoms with E-state index in [1.807, 2.05) is 38.1 Å². The summed E-state index contributed by atoms with van der Waals surface area (Å²) in [5.41, 5.74) is 2.43. The van der Waals surface area contributed by atoms with Gasteiger partial charge < -0.3 is 0 Å². The fourth-order valence-corrected chi connectivity index (χ4v) is 5.07. The average molecular weight is 381 g/mol. The SMILES string of the molecule is CC1=C(C)C(C)(S(=O)(=O)n2ncc3ccccc32)CC=C1Br. The van der Waals surface area contributed by atoms with Crippen LogP contribution in [0.25, 0.3) is 10.9 Å². The highest BCUT2D eigenvalue weighted by Gasteiger charge is 2.45. The van der Waals surface area contributed by atoms with Gasteiger partial charge in [-0.1, -0.05) is 40.2 Å². The number of rotatable bonds is 2. The molecule has 0 saturated heterocycles. The lowest BCUT2D eigenvalue weighted by Gasteiger charge is -2.33. The molecule has 2 aromatic rings. The van der Waals surface area contributed by atoms with Crippen LogP contribution in [0.2, 0.25) is 0 Å². The monoisotopic (exact) mass is 380 g/mol. The molecule has 4 nitrogen and oxygen atoms in total. The van der Waals surface area contributed by atoms with E-state index < -0.39 is 14.8 Å². The molecule has 0 N–H and O–H groups in total. The highest BCUT2D eigenvalue weighted by atomic mass is 79.9. The first kappa shape index (κ1) is 15.5. The molecule has 0 saturated carbocycles. The van der Waals surface area contributed by atoms with Crippen molar-refractivity contribution in [1.29, 1.82) is 0 Å². The van der Waals surface area contributed by atoms with E-state index in [-0.39, 0.29) is 0 Å². The number of allylic oxidation sites excluding steroid dienone is 3. The number of aromatic nitrogens is 2. The van der Waals surface area contributed by atoms with Crippen LogP contribution in [0.4, 0.5) is 0 Å². The molecule has 1 atom stereocenters. The summed E-state index contributed by atoms with van der Waals surface area (Å²) in [4.78, 5) is 0. The van der Waals surface area contributed by atoms with Gasteiger partial charge in [-0.25, -0.2) is 8.42 Å². The molecule has 1 aromatic carbocycles. The summed E-state index contributed by atoms with van der Waals surface area (Å²) >= 11 is 3.49. The van der Waals surface area contributed by atoms with Crippen LogP contribution >= 0.6 is 15.9 Å². The fourth-order valence-electron chi connectivity index (χ4n) is 2.80. The third-order valence-electron chi connectivity index (χ3n) is 4.63. The number of benzene rings is 1. The van der Waals surface area contributed by atoms with Crippen LogP contribution in [0.3, 0.4) is 0 Å². The first-order valence-corrected chi connectivity index (χ1v) is 9.24. The van der Waals surface area contributed by atoms with Crippen LogP contribution in [0.5, 0.6) is 0 Å². The number of para-hydroxylation sites is 1. The van der Waals surface area contributed by atoms with Gasteiger partial charge in [0.2, 0.25) is 0 Å². The molecule has 3 rings (SSSR count). The number of nitrogens with zero attached hydrogens (tertiary/aromatic N) is 2. The predicted octanol–water partition coefficient (Wildman–Crippen LogP) is 3.99. The van der Waals surface area contributed by atoms with Gasteiger partial charge in [-0.15, -0.1) is 0 Å². The lowest BCUT2D eigenvalue weighted by Crippen LogP contribution is -2.42. The van der Waals surface area contributed by atoms with Gasteiger partial charge in [0.05, 0.1) is 11.7 Å². The number of hydrogen-bond acceptors (Lipinski definition) is 3. The van der Waals surface area contributed by atoms with Crippen molar-refractivity contribution in [1.82, 2.24) is 9.19 Å². The Morgan fingerprint density at radius 2 is 1.95 bits per heavy atom. The summed E-state index contributed by atoms with van der Waals surface area (Å²) in [6, 6.07) is 7.34. The molecule has 0 fully saturated rings.